The quantitative estimate of drug-likeness (QED) is 0.404. The smallest absolute Gasteiger partial charge is 0.294 e. The molecule has 0 unspecified atom stereocenters. The average molecular weight is 503 g/mol. The van der Waals surface area contributed by atoms with Gasteiger partial charge in [-0.25, -0.2) is 0 Å². The summed E-state index contributed by atoms with van der Waals surface area (Å²) in [6.45, 7) is 8.61. The standard InChI is InChI=1S/C20H24Cl2N4O3S2/c1-19(2)7-11(8-20(3,4)25(19)5)24-17(27)15-6-14(26(28)29)18(30-15)31-16-12(21)9-23-10-13(16)22/h6,9-11H,7-8H2,1-5H3,(H,24,27). The van der Waals surface area contributed by atoms with Crippen LogP contribution in [-0.4, -0.2) is 44.9 Å². The van der Waals surface area contributed by atoms with E-state index in [9.17, 15) is 14.9 Å². The van der Waals surface area contributed by atoms with Gasteiger partial charge < -0.3 is 5.32 Å². The fourth-order valence-electron chi connectivity index (χ4n) is 4.00. The minimum Gasteiger partial charge on any atom is -0.348 e. The monoisotopic (exact) mass is 502 g/mol. The van der Waals surface area contributed by atoms with Gasteiger partial charge in [0.2, 0.25) is 0 Å². The van der Waals surface area contributed by atoms with E-state index in [1.165, 1.54) is 18.5 Å². The summed E-state index contributed by atoms with van der Waals surface area (Å²) in [7, 11) is 2.10. The Hall–Kier alpha value is -1.39. The van der Waals surface area contributed by atoms with Crippen LogP contribution < -0.4 is 5.32 Å². The molecule has 0 bridgehead atoms. The summed E-state index contributed by atoms with van der Waals surface area (Å²) in [5.41, 5.74) is -0.318. The highest BCUT2D eigenvalue weighted by Crippen LogP contribution is 2.46. The Morgan fingerprint density at radius 2 is 1.81 bits per heavy atom. The maximum Gasteiger partial charge on any atom is 0.294 e. The zero-order chi connectivity index (χ0) is 23.1. The first-order valence-corrected chi connectivity index (χ1v) is 12.0. The molecular formula is C20H24Cl2N4O3S2. The molecule has 168 valence electrons. The summed E-state index contributed by atoms with van der Waals surface area (Å²) in [4.78, 5) is 31.1. The number of piperidine rings is 1. The normalized spacial score (nSPS) is 18.7. The van der Waals surface area contributed by atoms with Crippen molar-refractivity contribution in [2.24, 2.45) is 0 Å². The van der Waals surface area contributed by atoms with E-state index in [1.54, 1.807) is 0 Å². The molecule has 1 saturated heterocycles. The number of thiophene rings is 1. The number of hydrogen-bond donors (Lipinski definition) is 1. The zero-order valence-corrected chi connectivity index (χ0v) is 21.0. The van der Waals surface area contributed by atoms with Gasteiger partial charge in [0.05, 0.1) is 19.9 Å². The van der Waals surface area contributed by atoms with Crippen LogP contribution in [0.4, 0.5) is 5.69 Å². The number of rotatable bonds is 5. The van der Waals surface area contributed by atoms with Crippen molar-refractivity contribution >= 4 is 57.9 Å². The van der Waals surface area contributed by atoms with Crippen LogP contribution >= 0.6 is 46.3 Å². The molecular weight excluding hydrogens is 479 g/mol. The molecule has 31 heavy (non-hydrogen) atoms. The maximum absolute atomic E-state index is 13.0. The van der Waals surface area contributed by atoms with Crippen molar-refractivity contribution in [3.8, 4) is 0 Å². The van der Waals surface area contributed by atoms with Crippen LogP contribution in [0.15, 0.2) is 27.6 Å². The minimum absolute atomic E-state index is 0.0324. The van der Waals surface area contributed by atoms with E-state index in [1.807, 2.05) is 0 Å². The van der Waals surface area contributed by atoms with Gasteiger partial charge in [-0.15, -0.1) is 11.3 Å². The number of nitrogens with zero attached hydrogens (tertiary/aromatic N) is 3. The van der Waals surface area contributed by atoms with Crippen LogP contribution in [0.3, 0.4) is 0 Å². The molecule has 3 rings (SSSR count). The average Bonchev–Trinajstić information content (AvgIpc) is 3.07. The first kappa shape index (κ1) is 24.3. The summed E-state index contributed by atoms with van der Waals surface area (Å²) in [5, 5.41) is 15.3. The van der Waals surface area contributed by atoms with Gasteiger partial charge in [0.15, 0.2) is 0 Å². The first-order valence-electron chi connectivity index (χ1n) is 9.62. The number of halogens is 2. The molecule has 11 heteroatoms. The summed E-state index contributed by atoms with van der Waals surface area (Å²) < 4.78 is 0.342. The van der Waals surface area contributed by atoms with Crippen LogP contribution in [0.25, 0.3) is 0 Å². The highest BCUT2D eigenvalue weighted by molar-refractivity contribution is 8.01. The SMILES string of the molecule is CN1C(C)(C)CC(NC(=O)c2cc([N+](=O)[O-])c(Sc3c(Cl)cncc3Cl)s2)CC1(C)C. The Labute approximate surface area is 199 Å². The van der Waals surface area contributed by atoms with E-state index in [-0.39, 0.29) is 33.6 Å². The molecule has 0 aromatic carbocycles. The number of carbonyl (C=O) groups excluding carboxylic acids is 1. The van der Waals surface area contributed by atoms with Crippen LogP contribution in [0.5, 0.6) is 0 Å². The summed E-state index contributed by atoms with van der Waals surface area (Å²) in [6.07, 6.45) is 4.42. The lowest BCUT2D eigenvalue weighted by Gasteiger charge is -2.53. The zero-order valence-electron chi connectivity index (χ0n) is 17.9. The molecule has 0 atom stereocenters. The number of pyridine rings is 1. The predicted octanol–water partition coefficient (Wildman–Crippen LogP) is 5.89. The van der Waals surface area contributed by atoms with Gasteiger partial charge in [-0.05, 0) is 47.6 Å². The van der Waals surface area contributed by atoms with Gasteiger partial charge in [-0.1, -0.05) is 35.0 Å². The first-order chi connectivity index (χ1) is 14.3. The lowest BCUT2D eigenvalue weighted by molar-refractivity contribution is -0.387. The van der Waals surface area contributed by atoms with Gasteiger partial charge >= 0.3 is 0 Å². The third-order valence-corrected chi connectivity index (χ3v) is 9.00. The van der Waals surface area contributed by atoms with Gasteiger partial charge in [0.25, 0.3) is 11.6 Å². The third-order valence-electron chi connectivity index (χ3n) is 5.75. The number of nitrogens with one attached hydrogen (secondary N) is 1. The van der Waals surface area contributed by atoms with Gasteiger partial charge in [0, 0.05) is 35.6 Å². The lowest BCUT2D eigenvalue weighted by Crippen LogP contribution is -2.62. The van der Waals surface area contributed by atoms with E-state index in [2.05, 4.69) is 49.9 Å². The van der Waals surface area contributed by atoms with Crippen molar-refractivity contribution < 1.29 is 9.72 Å². The van der Waals surface area contributed by atoms with E-state index < -0.39 is 4.92 Å². The van der Waals surface area contributed by atoms with Crippen molar-refractivity contribution in [3.63, 3.8) is 0 Å². The van der Waals surface area contributed by atoms with Crippen molar-refractivity contribution in [1.82, 2.24) is 15.2 Å². The van der Waals surface area contributed by atoms with Crippen molar-refractivity contribution in [2.45, 2.75) is 66.8 Å². The van der Waals surface area contributed by atoms with Crippen LogP contribution in [0.1, 0.15) is 50.2 Å². The fraction of sp³-hybridized carbons (Fsp3) is 0.500. The van der Waals surface area contributed by atoms with Crippen molar-refractivity contribution in [2.75, 3.05) is 7.05 Å². The van der Waals surface area contributed by atoms with E-state index in [0.717, 1.165) is 35.9 Å². The molecule has 1 aliphatic heterocycles. The Morgan fingerprint density at radius 1 is 1.26 bits per heavy atom. The fourth-order valence-corrected chi connectivity index (χ4v) is 6.76. The lowest BCUT2D eigenvalue weighted by atomic mass is 9.77. The molecule has 7 nitrogen and oxygen atoms in total. The third kappa shape index (κ3) is 5.17. The molecule has 1 fully saturated rings. The van der Waals surface area contributed by atoms with E-state index >= 15 is 0 Å². The Bertz CT molecular complexity index is 988. The number of aromatic nitrogens is 1. The second-order valence-electron chi connectivity index (χ2n) is 8.84. The molecule has 1 aliphatic rings. The van der Waals surface area contributed by atoms with Crippen LogP contribution in [-0.2, 0) is 0 Å². The van der Waals surface area contributed by atoms with Gasteiger partial charge in [-0.3, -0.25) is 24.8 Å². The van der Waals surface area contributed by atoms with Gasteiger partial charge in [-0.2, -0.15) is 0 Å². The highest BCUT2D eigenvalue weighted by Gasteiger charge is 2.43. The molecule has 2 aromatic heterocycles. The van der Waals surface area contributed by atoms with Crippen LogP contribution in [0, 0.1) is 10.1 Å². The number of nitro groups is 1. The molecule has 1 amide bonds. The largest absolute Gasteiger partial charge is 0.348 e. The van der Waals surface area contributed by atoms with Crippen molar-refractivity contribution in [1.29, 1.82) is 0 Å². The Balaban J connectivity index is 1.84. The predicted molar refractivity (Wildman–Crippen MR) is 126 cm³/mol. The van der Waals surface area contributed by atoms with Crippen molar-refractivity contribution in [3.05, 3.63) is 43.5 Å². The molecule has 1 N–H and O–H groups in total. The minimum atomic E-state index is -0.500. The van der Waals surface area contributed by atoms with E-state index in [4.69, 9.17) is 23.2 Å². The second-order valence-corrected chi connectivity index (χ2v) is 12.0. The summed E-state index contributed by atoms with van der Waals surface area (Å²) in [5.74, 6) is -0.312. The number of likely N-dealkylation sites (tertiary alicyclic amines) is 1. The van der Waals surface area contributed by atoms with Crippen LogP contribution in [0.2, 0.25) is 10.0 Å². The number of amides is 1. The Morgan fingerprint density at radius 3 is 2.32 bits per heavy atom. The summed E-state index contributed by atoms with van der Waals surface area (Å²) >= 11 is 14.4. The second kappa shape index (κ2) is 8.86. The molecule has 0 saturated carbocycles. The topological polar surface area (TPSA) is 88.4 Å². The summed E-state index contributed by atoms with van der Waals surface area (Å²) in [6, 6.07) is 1.28. The maximum atomic E-state index is 13.0. The Kier molecular flexibility index (Phi) is 6.93. The van der Waals surface area contributed by atoms with E-state index in [0.29, 0.717) is 19.1 Å². The highest BCUT2D eigenvalue weighted by atomic mass is 35.5. The molecule has 2 aromatic rings. The molecule has 0 aliphatic carbocycles. The number of carbonyl (C=O) groups is 1. The number of hydrogen-bond acceptors (Lipinski definition) is 7. The molecule has 3 heterocycles. The van der Waals surface area contributed by atoms with Gasteiger partial charge in [0.1, 0.15) is 9.09 Å². The molecule has 0 spiro atoms. The molecule has 0 radical (unpaired) electrons.